The van der Waals surface area contributed by atoms with Crippen LogP contribution in [-0.2, 0) is 9.84 Å². The standard InChI is InChI=1S/C12H13Cl2NO4S/c1-19-11-5-9(13)8(4-10(11)14)12(16)15-7-2-3-20(17,18)6-7/h4-5,7H,2-3,6H2,1H3,(H,15,16). The number of carbonyl (C=O) groups excluding carboxylic acids is 1. The molecular weight excluding hydrogens is 325 g/mol. The zero-order chi connectivity index (χ0) is 14.9. The zero-order valence-corrected chi connectivity index (χ0v) is 13.0. The Kier molecular flexibility index (Phi) is 4.46. The second-order valence-corrected chi connectivity index (χ2v) is 7.58. The van der Waals surface area contributed by atoms with Crippen LogP contribution in [-0.4, -0.2) is 39.0 Å². The van der Waals surface area contributed by atoms with Crippen LogP contribution in [0.4, 0.5) is 0 Å². The Morgan fingerprint density at radius 3 is 2.60 bits per heavy atom. The lowest BCUT2D eigenvalue weighted by molar-refractivity contribution is 0.0941. The smallest absolute Gasteiger partial charge is 0.253 e. The van der Waals surface area contributed by atoms with Crippen molar-refractivity contribution in [2.75, 3.05) is 18.6 Å². The van der Waals surface area contributed by atoms with Gasteiger partial charge in [0.05, 0.1) is 34.2 Å². The molecule has 1 heterocycles. The molecule has 1 aromatic rings. The predicted octanol–water partition coefficient (Wildman–Crippen LogP) is 1.92. The summed E-state index contributed by atoms with van der Waals surface area (Å²) in [6.07, 6.45) is 0.412. The fraction of sp³-hybridized carbons (Fsp3) is 0.417. The minimum absolute atomic E-state index is 0.0414. The summed E-state index contributed by atoms with van der Waals surface area (Å²) in [7, 11) is -1.60. The molecule has 1 unspecified atom stereocenters. The molecule has 1 aromatic carbocycles. The van der Waals surface area contributed by atoms with E-state index in [0.29, 0.717) is 12.2 Å². The maximum atomic E-state index is 12.1. The summed E-state index contributed by atoms with van der Waals surface area (Å²) in [5, 5.41) is 3.12. The molecular formula is C12H13Cl2NO4S. The van der Waals surface area contributed by atoms with Gasteiger partial charge < -0.3 is 10.1 Å². The fourth-order valence-electron chi connectivity index (χ4n) is 2.03. The Morgan fingerprint density at radius 1 is 1.35 bits per heavy atom. The van der Waals surface area contributed by atoms with Gasteiger partial charge in [0.15, 0.2) is 9.84 Å². The van der Waals surface area contributed by atoms with Crippen LogP contribution in [0.25, 0.3) is 0 Å². The molecule has 0 saturated carbocycles. The number of nitrogens with one attached hydrogen (secondary N) is 1. The first-order chi connectivity index (χ1) is 9.32. The maximum Gasteiger partial charge on any atom is 0.253 e. The van der Waals surface area contributed by atoms with Gasteiger partial charge in [0, 0.05) is 12.1 Å². The molecule has 0 radical (unpaired) electrons. The minimum Gasteiger partial charge on any atom is -0.495 e. The summed E-state index contributed by atoms with van der Waals surface area (Å²) in [4.78, 5) is 12.1. The third kappa shape index (κ3) is 3.37. The van der Waals surface area contributed by atoms with Gasteiger partial charge in [-0.25, -0.2) is 8.42 Å². The Balaban J connectivity index is 2.16. The van der Waals surface area contributed by atoms with Crippen LogP contribution in [0, 0.1) is 0 Å². The van der Waals surface area contributed by atoms with Gasteiger partial charge in [-0.15, -0.1) is 0 Å². The Bertz CT molecular complexity index is 645. The number of halogens is 2. The topological polar surface area (TPSA) is 72.5 Å². The number of ether oxygens (including phenoxy) is 1. The highest BCUT2D eigenvalue weighted by Gasteiger charge is 2.29. The molecule has 1 atom stereocenters. The molecule has 1 aliphatic rings. The van der Waals surface area contributed by atoms with Gasteiger partial charge in [-0.1, -0.05) is 23.2 Å². The summed E-state index contributed by atoms with van der Waals surface area (Å²) in [5.74, 6) is -0.0201. The van der Waals surface area contributed by atoms with Crippen molar-refractivity contribution >= 4 is 38.9 Å². The van der Waals surface area contributed by atoms with Crippen molar-refractivity contribution in [3.05, 3.63) is 27.7 Å². The van der Waals surface area contributed by atoms with Crippen molar-refractivity contribution in [2.24, 2.45) is 0 Å². The number of hydrogen-bond acceptors (Lipinski definition) is 4. The number of benzene rings is 1. The molecule has 8 heteroatoms. The van der Waals surface area contributed by atoms with E-state index < -0.39 is 15.7 Å². The van der Waals surface area contributed by atoms with Gasteiger partial charge in [-0.05, 0) is 12.5 Å². The van der Waals surface area contributed by atoms with Gasteiger partial charge in [0.2, 0.25) is 0 Å². The molecule has 2 rings (SSSR count). The zero-order valence-electron chi connectivity index (χ0n) is 10.7. The number of carbonyl (C=O) groups is 1. The van der Waals surface area contributed by atoms with Gasteiger partial charge in [0.25, 0.3) is 5.91 Å². The molecule has 1 amide bonds. The van der Waals surface area contributed by atoms with Crippen molar-refractivity contribution in [3.63, 3.8) is 0 Å². The highest BCUT2D eigenvalue weighted by Crippen LogP contribution is 2.31. The average molecular weight is 338 g/mol. The quantitative estimate of drug-likeness (QED) is 0.914. The third-order valence-electron chi connectivity index (χ3n) is 3.05. The first kappa shape index (κ1) is 15.4. The molecule has 0 aromatic heterocycles. The van der Waals surface area contributed by atoms with Crippen LogP contribution in [0.5, 0.6) is 5.75 Å². The summed E-state index contributed by atoms with van der Waals surface area (Å²) in [6.45, 7) is 0. The van der Waals surface area contributed by atoms with Crippen molar-refractivity contribution < 1.29 is 17.9 Å². The lowest BCUT2D eigenvalue weighted by atomic mass is 10.1. The van der Waals surface area contributed by atoms with E-state index in [-0.39, 0.29) is 33.2 Å². The molecule has 0 spiro atoms. The molecule has 5 nitrogen and oxygen atoms in total. The van der Waals surface area contributed by atoms with Crippen LogP contribution in [0.3, 0.4) is 0 Å². The Labute approximate surface area is 127 Å². The van der Waals surface area contributed by atoms with Crippen LogP contribution in [0.15, 0.2) is 12.1 Å². The minimum atomic E-state index is -3.05. The summed E-state index contributed by atoms with van der Waals surface area (Å²) in [6, 6.07) is 2.47. The molecule has 0 bridgehead atoms. The predicted molar refractivity (Wildman–Crippen MR) is 77.5 cm³/mol. The number of rotatable bonds is 3. The SMILES string of the molecule is COc1cc(Cl)c(C(=O)NC2CCS(=O)(=O)C2)cc1Cl. The van der Waals surface area contributed by atoms with Crippen molar-refractivity contribution in [1.29, 1.82) is 0 Å². The van der Waals surface area contributed by atoms with E-state index in [1.165, 1.54) is 19.2 Å². The highest BCUT2D eigenvalue weighted by molar-refractivity contribution is 7.91. The van der Waals surface area contributed by atoms with E-state index in [1.54, 1.807) is 0 Å². The number of sulfone groups is 1. The molecule has 1 aliphatic heterocycles. The lowest BCUT2D eigenvalue weighted by Crippen LogP contribution is -2.35. The average Bonchev–Trinajstić information content (AvgIpc) is 2.70. The second kappa shape index (κ2) is 5.79. The molecule has 1 N–H and O–H groups in total. The molecule has 20 heavy (non-hydrogen) atoms. The first-order valence-corrected chi connectivity index (χ1v) is 8.44. The van der Waals surface area contributed by atoms with Crippen molar-refractivity contribution in [2.45, 2.75) is 12.5 Å². The van der Waals surface area contributed by atoms with Crippen molar-refractivity contribution in [3.8, 4) is 5.75 Å². The normalized spacial score (nSPS) is 20.6. The summed E-state index contributed by atoms with van der Waals surface area (Å²) < 4.78 is 27.7. The largest absolute Gasteiger partial charge is 0.495 e. The Morgan fingerprint density at radius 2 is 2.05 bits per heavy atom. The van der Waals surface area contributed by atoms with Crippen LogP contribution < -0.4 is 10.1 Å². The summed E-state index contributed by atoms with van der Waals surface area (Å²) in [5.41, 5.74) is 0.196. The number of amides is 1. The Hall–Kier alpha value is -0.980. The van der Waals surface area contributed by atoms with E-state index in [9.17, 15) is 13.2 Å². The monoisotopic (exact) mass is 337 g/mol. The molecule has 1 fully saturated rings. The number of hydrogen-bond donors (Lipinski definition) is 1. The van der Waals surface area contributed by atoms with Gasteiger partial charge in [-0.2, -0.15) is 0 Å². The summed E-state index contributed by atoms with van der Waals surface area (Å²) >= 11 is 11.9. The van der Waals surface area contributed by atoms with E-state index in [0.717, 1.165) is 0 Å². The van der Waals surface area contributed by atoms with Gasteiger partial charge in [-0.3, -0.25) is 4.79 Å². The highest BCUT2D eigenvalue weighted by atomic mass is 35.5. The molecule has 110 valence electrons. The van der Waals surface area contributed by atoms with Crippen molar-refractivity contribution in [1.82, 2.24) is 5.32 Å². The second-order valence-electron chi connectivity index (χ2n) is 4.54. The molecule has 0 aliphatic carbocycles. The van der Waals surface area contributed by atoms with E-state index in [4.69, 9.17) is 27.9 Å². The lowest BCUT2D eigenvalue weighted by Gasteiger charge is -2.13. The van der Waals surface area contributed by atoms with E-state index >= 15 is 0 Å². The van der Waals surface area contributed by atoms with E-state index in [1.807, 2.05) is 0 Å². The van der Waals surface area contributed by atoms with Crippen LogP contribution in [0.1, 0.15) is 16.8 Å². The third-order valence-corrected chi connectivity index (χ3v) is 5.43. The van der Waals surface area contributed by atoms with Gasteiger partial charge in [0.1, 0.15) is 5.75 Å². The van der Waals surface area contributed by atoms with E-state index in [2.05, 4.69) is 5.32 Å². The molecule has 1 saturated heterocycles. The maximum absolute atomic E-state index is 12.1. The fourth-order valence-corrected chi connectivity index (χ4v) is 4.18. The van der Waals surface area contributed by atoms with Crippen LogP contribution >= 0.6 is 23.2 Å². The van der Waals surface area contributed by atoms with Crippen LogP contribution in [0.2, 0.25) is 10.0 Å². The van der Waals surface area contributed by atoms with Gasteiger partial charge >= 0.3 is 0 Å². The number of methoxy groups -OCH3 is 1. The first-order valence-electron chi connectivity index (χ1n) is 5.87.